The van der Waals surface area contributed by atoms with Gasteiger partial charge >= 0.3 is 0 Å². The Morgan fingerprint density at radius 3 is 2.76 bits per heavy atom. The Morgan fingerprint density at radius 2 is 2.14 bits per heavy atom. The van der Waals surface area contributed by atoms with Crippen molar-refractivity contribution in [2.24, 2.45) is 0 Å². The minimum atomic E-state index is -0.175. The summed E-state index contributed by atoms with van der Waals surface area (Å²) < 4.78 is 5.25. The first-order chi connectivity index (χ1) is 10.2. The van der Waals surface area contributed by atoms with Gasteiger partial charge in [-0.3, -0.25) is 9.78 Å². The quantitative estimate of drug-likeness (QED) is 0.903. The first kappa shape index (κ1) is 13.7. The second kappa shape index (κ2) is 5.63. The molecule has 0 aromatic carbocycles. The summed E-state index contributed by atoms with van der Waals surface area (Å²) in [6.07, 6.45) is 6.83. The Kier molecular flexibility index (Phi) is 3.68. The number of pyridine rings is 1. The molecule has 0 spiro atoms. The molecule has 0 radical (unpaired) electrons. The molecule has 6 nitrogen and oxygen atoms in total. The van der Waals surface area contributed by atoms with Crippen LogP contribution < -0.4 is 5.32 Å². The summed E-state index contributed by atoms with van der Waals surface area (Å²) in [6.45, 7) is 2.48. The van der Waals surface area contributed by atoms with Crippen LogP contribution in [-0.2, 0) is 16.6 Å². The summed E-state index contributed by atoms with van der Waals surface area (Å²) in [7, 11) is 0. The second-order valence-electron chi connectivity index (χ2n) is 5.31. The van der Waals surface area contributed by atoms with Gasteiger partial charge in [-0.25, -0.2) is 0 Å². The van der Waals surface area contributed by atoms with Crippen LogP contribution in [-0.4, -0.2) is 27.6 Å². The summed E-state index contributed by atoms with van der Waals surface area (Å²) in [5.74, 6) is 0.954. The summed E-state index contributed by atoms with van der Waals surface area (Å²) in [5, 5.41) is 6.84. The molecule has 1 N–H and O–H groups in total. The van der Waals surface area contributed by atoms with Gasteiger partial charge in [0.15, 0.2) is 5.82 Å². The third-order valence-electron chi connectivity index (χ3n) is 4.02. The number of likely N-dealkylation sites (N-methyl/N-ethyl adjacent to an activating group) is 1. The van der Waals surface area contributed by atoms with E-state index in [1.165, 1.54) is 0 Å². The van der Waals surface area contributed by atoms with Gasteiger partial charge in [-0.05, 0) is 37.5 Å². The SMILES string of the molecule is CCNC(=O)Cc1nc(C2(c3ccncc3)CCC2)no1. The molecule has 2 aromatic heterocycles. The van der Waals surface area contributed by atoms with Crippen molar-refractivity contribution in [2.75, 3.05) is 6.54 Å². The maximum atomic E-state index is 11.6. The van der Waals surface area contributed by atoms with Crippen molar-refractivity contribution in [2.45, 2.75) is 38.0 Å². The van der Waals surface area contributed by atoms with Gasteiger partial charge in [0.2, 0.25) is 11.8 Å². The average Bonchev–Trinajstić information content (AvgIpc) is 2.87. The number of rotatable bonds is 5. The van der Waals surface area contributed by atoms with E-state index in [0.717, 1.165) is 24.8 Å². The zero-order valence-electron chi connectivity index (χ0n) is 12.0. The summed E-state index contributed by atoms with van der Waals surface area (Å²) in [6, 6.07) is 4.00. The molecule has 1 fully saturated rings. The van der Waals surface area contributed by atoms with Gasteiger partial charge in [-0.2, -0.15) is 4.98 Å². The lowest BCUT2D eigenvalue weighted by Gasteiger charge is -2.39. The summed E-state index contributed by atoms with van der Waals surface area (Å²) in [4.78, 5) is 20.1. The van der Waals surface area contributed by atoms with E-state index in [0.29, 0.717) is 18.3 Å². The van der Waals surface area contributed by atoms with E-state index in [-0.39, 0.29) is 17.7 Å². The van der Waals surface area contributed by atoms with E-state index in [1.54, 1.807) is 12.4 Å². The summed E-state index contributed by atoms with van der Waals surface area (Å²) in [5.41, 5.74) is 0.987. The highest BCUT2D eigenvalue weighted by Gasteiger charge is 2.44. The molecule has 2 aromatic rings. The molecule has 0 unspecified atom stereocenters. The molecule has 1 aliphatic carbocycles. The largest absolute Gasteiger partial charge is 0.356 e. The molecule has 0 saturated heterocycles. The topological polar surface area (TPSA) is 80.9 Å². The lowest BCUT2D eigenvalue weighted by atomic mass is 9.64. The lowest BCUT2D eigenvalue weighted by molar-refractivity contribution is -0.120. The highest BCUT2D eigenvalue weighted by molar-refractivity contribution is 5.77. The van der Waals surface area contributed by atoms with E-state index >= 15 is 0 Å². The number of hydrogen-bond donors (Lipinski definition) is 1. The molecule has 3 rings (SSSR count). The van der Waals surface area contributed by atoms with Crippen molar-refractivity contribution < 1.29 is 9.32 Å². The molecule has 0 bridgehead atoms. The van der Waals surface area contributed by atoms with Crippen LogP contribution >= 0.6 is 0 Å². The van der Waals surface area contributed by atoms with Gasteiger partial charge in [0.1, 0.15) is 6.42 Å². The second-order valence-corrected chi connectivity index (χ2v) is 5.31. The molecule has 0 aliphatic heterocycles. The van der Waals surface area contributed by atoms with Crippen LogP contribution in [0.4, 0.5) is 0 Å². The van der Waals surface area contributed by atoms with Crippen molar-refractivity contribution in [3.8, 4) is 0 Å². The maximum absolute atomic E-state index is 11.6. The van der Waals surface area contributed by atoms with Crippen LogP contribution in [0.15, 0.2) is 29.0 Å². The molecule has 110 valence electrons. The van der Waals surface area contributed by atoms with Crippen molar-refractivity contribution in [3.63, 3.8) is 0 Å². The van der Waals surface area contributed by atoms with Crippen LogP contribution in [0.5, 0.6) is 0 Å². The molecule has 2 heterocycles. The number of carbonyl (C=O) groups is 1. The van der Waals surface area contributed by atoms with Gasteiger partial charge in [-0.1, -0.05) is 11.6 Å². The number of nitrogens with one attached hydrogen (secondary N) is 1. The van der Waals surface area contributed by atoms with Gasteiger partial charge in [0.25, 0.3) is 0 Å². The number of hydrogen-bond acceptors (Lipinski definition) is 5. The fourth-order valence-corrected chi connectivity index (χ4v) is 2.76. The Balaban J connectivity index is 1.83. The molecule has 21 heavy (non-hydrogen) atoms. The molecule has 1 saturated carbocycles. The Morgan fingerprint density at radius 1 is 1.38 bits per heavy atom. The summed E-state index contributed by atoms with van der Waals surface area (Å²) >= 11 is 0. The highest BCUT2D eigenvalue weighted by Crippen LogP contribution is 2.47. The Hall–Kier alpha value is -2.24. The smallest absolute Gasteiger partial charge is 0.236 e. The van der Waals surface area contributed by atoms with Crippen molar-refractivity contribution in [1.29, 1.82) is 0 Å². The number of nitrogens with zero attached hydrogens (tertiary/aromatic N) is 3. The number of carbonyl (C=O) groups excluding carboxylic acids is 1. The van der Waals surface area contributed by atoms with Crippen molar-refractivity contribution in [1.82, 2.24) is 20.4 Å². The minimum absolute atomic E-state index is 0.0979. The molecule has 1 amide bonds. The average molecular weight is 286 g/mol. The van der Waals surface area contributed by atoms with Crippen molar-refractivity contribution >= 4 is 5.91 Å². The number of aromatic nitrogens is 3. The minimum Gasteiger partial charge on any atom is -0.356 e. The Bertz CT molecular complexity index is 620. The molecular weight excluding hydrogens is 268 g/mol. The van der Waals surface area contributed by atoms with Crippen molar-refractivity contribution in [3.05, 3.63) is 41.8 Å². The normalized spacial score (nSPS) is 16.2. The molecule has 1 aliphatic rings. The van der Waals surface area contributed by atoms with Gasteiger partial charge in [0, 0.05) is 18.9 Å². The van der Waals surface area contributed by atoms with E-state index in [4.69, 9.17) is 4.52 Å². The fourth-order valence-electron chi connectivity index (χ4n) is 2.76. The van der Waals surface area contributed by atoms with Crippen LogP contribution in [0.1, 0.15) is 43.5 Å². The van der Waals surface area contributed by atoms with Gasteiger partial charge in [-0.15, -0.1) is 0 Å². The standard InChI is InChI=1S/C15H18N4O2/c1-2-17-12(20)10-13-18-14(19-21-13)15(6-3-7-15)11-4-8-16-9-5-11/h4-5,8-9H,2-3,6-7,10H2,1H3,(H,17,20). The van der Waals surface area contributed by atoms with E-state index in [9.17, 15) is 4.79 Å². The predicted molar refractivity (Wildman–Crippen MR) is 75.6 cm³/mol. The zero-order chi connectivity index (χ0) is 14.7. The maximum Gasteiger partial charge on any atom is 0.236 e. The first-order valence-electron chi connectivity index (χ1n) is 7.25. The third kappa shape index (κ3) is 2.53. The van der Waals surface area contributed by atoms with Crippen LogP contribution in [0.25, 0.3) is 0 Å². The molecular formula is C15H18N4O2. The lowest BCUT2D eigenvalue weighted by Crippen LogP contribution is -2.36. The third-order valence-corrected chi connectivity index (χ3v) is 4.02. The molecule has 0 atom stereocenters. The Labute approximate surface area is 123 Å². The predicted octanol–water partition coefficient (Wildman–Crippen LogP) is 1.61. The first-order valence-corrected chi connectivity index (χ1v) is 7.25. The van der Waals surface area contributed by atoms with Gasteiger partial charge in [0.05, 0.1) is 5.41 Å². The monoisotopic (exact) mass is 286 g/mol. The van der Waals surface area contributed by atoms with Crippen LogP contribution in [0, 0.1) is 0 Å². The van der Waals surface area contributed by atoms with E-state index < -0.39 is 0 Å². The van der Waals surface area contributed by atoms with Gasteiger partial charge < -0.3 is 9.84 Å². The zero-order valence-corrected chi connectivity index (χ0v) is 12.0. The van der Waals surface area contributed by atoms with E-state index in [1.807, 2.05) is 19.1 Å². The van der Waals surface area contributed by atoms with E-state index in [2.05, 4.69) is 20.4 Å². The number of amides is 1. The fraction of sp³-hybridized carbons (Fsp3) is 0.467. The molecule has 6 heteroatoms. The highest BCUT2D eigenvalue weighted by atomic mass is 16.5. The van der Waals surface area contributed by atoms with Crippen LogP contribution in [0.3, 0.4) is 0 Å². The van der Waals surface area contributed by atoms with Crippen LogP contribution in [0.2, 0.25) is 0 Å².